The van der Waals surface area contributed by atoms with E-state index in [0.29, 0.717) is 50.3 Å². The first-order valence-electron chi connectivity index (χ1n) is 14.3. The lowest BCUT2D eigenvalue weighted by atomic mass is 10.0. The fourth-order valence-corrected chi connectivity index (χ4v) is 5.02. The number of piperidine rings is 1. The summed E-state index contributed by atoms with van der Waals surface area (Å²) in [7, 11) is 0. The molecule has 0 aromatic heterocycles. The number of rotatable bonds is 11. The standard InChI is InChI=1S/C31H37N3O9/c1-22(35)42-23(2)43-31(39)32-14-12-26(13-15-32)33-16-17-34(29(37)19-33)18-28(36)25-8-10-27(11-9-25)40-21-30(38)41-20-24-6-4-3-5-7-24/h3-11,23,26H,12-21H2,1-2H3. The van der Waals surface area contributed by atoms with Crippen LogP contribution in [0.15, 0.2) is 54.6 Å². The van der Waals surface area contributed by atoms with Crippen molar-refractivity contribution in [3.05, 3.63) is 65.7 Å². The van der Waals surface area contributed by atoms with E-state index in [9.17, 15) is 24.0 Å². The molecule has 4 rings (SSSR count). The van der Waals surface area contributed by atoms with Crippen LogP contribution in [0, 0.1) is 0 Å². The minimum atomic E-state index is -0.955. The molecule has 2 aromatic rings. The minimum Gasteiger partial charge on any atom is -0.482 e. The van der Waals surface area contributed by atoms with Gasteiger partial charge in [0.25, 0.3) is 0 Å². The second-order valence-corrected chi connectivity index (χ2v) is 10.4. The van der Waals surface area contributed by atoms with Gasteiger partial charge < -0.3 is 28.7 Å². The summed E-state index contributed by atoms with van der Waals surface area (Å²) in [5, 5.41) is 0. The van der Waals surface area contributed by atoms with Gasteiger partial charge in [-0.3, -0.25) is 19.3 Å². The lowest BCUT2D eigenvalue weighted by molar-refractivity contribution is -0.163. The molecule has 2 aromatic carbocycles. The first-order chi connectivity index (χ1) is 20.7. The van der Waals surface area contributed by atoms with Crippen LogP contribution in [-0.4, -0.2) is 103 Å². The van der Waals surface area contributed by atoms with E-state index in [0.717, 1.165) is 5.56 Å². The van der Waals surface area contributed by atoms with E-state index < -0.39 is 24.3 Å². The molecule has 2 saturated heterocycles. The summed E-state index contributed by atoms with van der Waals surface area (Å²) < 4.78 is 20.7. The predicted molar refractivity (Wildman–Crippen MR) is 153 cm³/mol. The molecular formula is C31H37N3O9. The number of piperazine rings is 1. The summed E-state index contributed by atoms with van der Waals surface area (Å²) in [5.74, 6) is -0.907. The van der Waals surface area contributed by atoms with Crippen LogP contribution < -0.4 is 4.74 Å². The number of carbonyl (C=O) groups is 5. The molecule has 2 aliphatic rings. The Hall–Kier alpha value is -4.45. The van der Waals surface area contributed by atoms with Crippen LogP contribution in [0.25, 0.3) is 0 Å². The van der Waals surface area contributed by atoms with Crippen molar-refractivity contribution in [2.75, 3.05) is 45.9 Å². The van der Waals surface area contributed by atoms with Gasteiger partial charge in [-0.1, -0.05) is 30.3 Å². The molecule has 2 heterocycles. The SMILES string of the molecule is CC(=O)OC(C)OC(=O)N1CCC(N2CCN(CC(=O)c3ccc(OCC(=O)OCc4ccccc4)cc3)C(=O)C2)CC1. The highest BCUT2D eigenvalue weighted by molar-refractivity contribution is 5.99. The van der Waals surface area contributed by atoms with Crippen molar-refractivity contribution in [2.45, 2.75) is 45.6 Å². The van der Waals surface area contributed by atoms with Crippen LogP contribution in [0.5, 0.6) is 5.75 Å². The fourth-order valence-electron chi connectivity index (χ4n) is 5.02. The molecule has 230 valence electrons. The normalized spacial score (nSPS) is 16.7. The van der Waals surface area contributed by atoms with E-state index in [4.69, 9.17) is 18.9 Å². The maximum Gasteiger partial charge on any atom is 0.412 e. The Kier molecular flexibility index (Phi) is 11.1. The molecule has 2 aliphatic heterocycles. The Morgan fingerprint density at radius 1 is 0.907 bits per heavy atom. The third-order valence-electron chi connectivity index (χ3n) is 7.30. The molecule has 12 heteroatoms. The molecule has 1 unspecified atom stereocenters. The zero-order valence-electron chi connectivity index (χ0n) is 24.4. The van der Waals surface area contributed by atoms with E-state index in [1.165, 1.54) is 13.8 Å². The van der Waals surface area contributed by atoms with E-state index in [-0.39, 0.29) is 44.0 Å². The van der Waals surface area contributed by atoms with E-state index in [1.54, 1.807) is 34.1 Å². The molecule has 0 saturated carbocycles. The lowest BCUT2D eigenvalue weighted by Gasteiger charge is -2.42. The summed E-state index contributed by atoms with van der Waals surface area (Å²) in [5.41, 5.74) is 1.32. The molecule has 0 radical (unpaired) electrons. The smallest absolute Gasteiger partial charge is 0.412 e. The van der Waals surface area contributed by atoms with Crippen LogP contribution in [0.4, 0.5) is 4.79 Å². The molecule has 2 fully saturated rings. The summed E-state index contributed by atoms with van der Waals surface area (Å²) in [4.78, 5) is 66.3. The average molecular weight is 596 g/mol. The van der Waals surface area contributed by atoms with Crippen molar-refractivity contribution >= 4 is 29.7 Å². The number of benzene rings is 2. The van der Waals surface area contributed by atoms with Gasteiger partial charge in [0.2, 0.25) is 12.2 Å². The van der Waals surface area contributed by atoms with E-state index in [1.807, 2.05) is 30.3 Å². The average Bonchev–Trinajstić information content (AvgIpc) is 3.00. The molecule has 2 amide bonds. The van der Waals surface area contributed by atoms with Gasteiger partial charge in [0, 0.05) is 51.6 Å². The van der Waals surface area contributed by atoms with Crippen molar-refractivity contribution in [3.8, 4) is 5.75 Å². The zero-order chi connectivity index (χ0) is 30.8. The van der Waals surface area contributed by atoms with Crippen molar-refractivity contribution in [1.29, 1.82) is 0 Å². The number of esters is 2. The number of hydrogen-bond acceptors (Lipinski definition) is 10. The van der Waals surface area contributed by atoms with Gasteiger partial charge in [-0.2, -0.15) is 0 Å². The predicted octanol–water partition coefficient (Wildman–Crippen LogP) is 2.65. The Balaban J connectivity index is 1.16. The topological polar surface area (TPSA) is 132 Å². The monoisotopic (exact) mass is 595 g/mol. The highest BCUT2D eigenvalue weighted by Crippen LogP contribution is 2.20. The van der Waals surface area contributed by atoms with Crippen LogP contribution in [-0.2, 0) is 35.2 Å². The number of Topliss-reactive ketones (excluding diaryl/α,β-unsaturated/α-hetero) is 1. The number of hydrogen-bond donors (Lipinski definition) is 0. The van der Waals surface area contributed by atoms with Crippen molar-refractivity contribution in [3.63, 3.8) is 0 Å². The largest absolute Gasteiger partial charge is 0.482 e. The summed E-state index contributed by atoms with van der Waals surface area (Å²) in [6.45, 7) is 4.83. The number of ether oxygens (including phenoxy) is 4. The summed E-state index contributed by atoms with van der Waals surface area (Å²) in [6, 6.07) is 15.9. The number of carbonyl (C=O) groups excluding carboxylic acids is 5. The molecule has 1 atom stereocenters. The Labute approximate surface area is 250 Å². The quantitative estimate of drug-likeness (QED) is 0.217. The molecule has 12 nitrogen and oxygen atoms in total. The van der Waals surface area contributed by atoms with Crippen molar-refractivity contribution in [1.82, 2.24) is 14.7 Å². The Morgan fingerprint density at radius 2 is 1.60 bits per heavy atom. The maximum atomic E-state index is 12.9. The molecule has 43 heavy (non-hydrogen) atoms. The third kappa shape index (κ3) is 9.53. The molecular weight excluding hydrogens is 558 g/mol. The molecule has 0 N–H and O–H groups in total. The highest BCUT2D eigenvalue weighted by Gasteiger charge is 2.33. The highest BCUT2D eigenvalue weighted by atomic mass is 16.7. The first kappa shape index (κ1) is 31.5. The zero-order valence-corrected chi connectivity index (χ0v) is 24.4. The molecule has 0 bridgehead atoms. The van der Waals surface area contributed by atoms with Crippen LogP contribution in [0.3, 0.4) is 0 Å². The van der Waals surface area contributed by atoms with Gasteiger partial charge in [0.05, 0.1) is 13.1 Å². The number of amides is 2. The van der Waals surface area contributed by atoms with Crippen LogP contribution in [0.1, 0.15) is 42.6 Å². The summed E-state index contributed by atoms with van der Waals surface area (Å²) in [6.07, 6.45) is -0.124. The number of likely N-dealkylation sites (tertiary alicyclic amines) is 1. The van der Waals surface area contributed by atoms with E-state index in [2.05, 4.69) is 4.90 Å². The van der Waals surface area contributed by atoms with Gasteiger partial charge in [-0.05, 0) is 42.7 Å². The maximum absolute atomic E-state index is 12.9. The van der Waals surface area contributed by atoms with Crippen molar-refractivity contribution < 1.29 is 42.9 Å². The number of nitrogens with zero attached hydrogens (tertiary/aromatic N) is 3. The fraction of sp³-hybridized carbons (Fsp3) is 0.452. The second kappa shape index (κ2) is 15.1. The van der Waals surface area contributed by atoms with Crippen molar-refractivity contribution in [2.24, 2.45) is 0 Å². The third-order valence-corrected chi connectivity index (χ3v) is 7.30. The van der Waals surface area contributed by atoms with Gasteiger partial charge in [0.15, 0.2) is 12.4 Å². The summed E-state index contributed by atoms with van der Waals surface area (Å²) >= 11 is 0. The molecule has 0 aliphatic carbocycles. The number of ketones is 1. The minimum absolute atomic E-state index is 0.0243. The van der Waals surface area contributed by atoms with Crippen LogP contribution in [0.2, 0.25) is 0 Å². The Morgan fingerprint density at radius 3 is 2.26 bits per heavy atom. The van der Waals surface area contributed by atoms with Gasteiger partial charge >= 0.3 is 18.0 Å². The first-order valence-corrected chi connectivity index (χ1v) is 14.3. The second-order valence-electron chi connectivity index (χ2n) is 10.4. The Bertz CT molecular complexity index is 1280. The van der Waals surface area contributed by atoms with Gasteiger partial charge in [-0.25, -0.2) is 9.59 Å². The van der Waals surface area contributed by atoms with Gasteiger partial charge in [-0.15, -0.1) is 0 Å². The van der Waals surface area contributed by atoms with E-state index >= 15 is 0 Å². The van der Waals surface area contributed by atoms with Crippen LogP contribution >= 0.6 is 0 Å². The van der Waals surface area contributed by atoms with Gasteiger partial charge in [0.1, 0.15) is 12.4 Å². The molecule has 0 spiro atoms. The lowest BCUT2D eigenvalue weighted by Crippen LogP contribution is -2.56.